The minimum Gasteiger partial charge on any atom is -0.480 e. The van der Waals surface area contributed by atoms with E-state index in [-0.39, 0.29) is 12.6 Å². The Morgan fingerprint density at radius 2 is 2.50 bits per heavy atom. The summed E-state index contributed by atoms with van der Waals surface area (Å²) in [5.41, 5.74) is 0. The van der Waals surface area contributed by atoms with E-state index in [1.54, 1.807) is 23.3 Å². The van der Waals surface area contributed by atoms with Gasteiger partial charge in [0.2, 0.25) is 0 Å². The third kappa shape index (κ3) is 5.03. The molecule has 1 aliphatic heterocycles. The minimum atomic E-state index is -0.812. The lowest BCUT2D eigenvalue weighted by Crippen LogP contribution is -2.47. The molecule has 0 bridgehead atoms. The molecule has 0 aromatic carbocycles. The first-order valence-electron chi connectivity index (χ1n) is 6.50. The molecule has 1 aromatic heterocycles. The maximum Gasteiger partial charge on any atom is 0.317 e. The molecule has 0 radical (unpaired) electrons. The Bertz CT molecular complexity index is 455. The van der Waals surface area contributed by atoms with Gasteiger partial charge in [-0.15, -0.1) is 11.3 Å². The summed E-state index contributed by atoms with van der Waals surface area (Å²) in [5.74, 6) is -0.812. The maximum absolute atomic E-state index is 10.7. The van der Waals surface area contributed by atoms with Crippen LogP contribution in [0.1, 0.15) is 4.88 Å². The predicted molar refractivity (Wildman–Crippen MR) is 79.5 cm³/mol. The van der Waals surface area contributed by atoms with E-state index in [4.69, 9.17) is 21.4 Å². The third-order valence-corrected chi connectivity index (χ3v) is 4.41. The van der Waals surface area contributed by atoms with Crippen LogP contribution in [0.5, 0.6) is 0 Å². The van der Waals surface area contributed by atoms with Gasteiger partial charge in [-0.05, 0) is 13.1 Å². The molecule has 5 nitrogen and oxygen atoms in total. The van der Waals surface area contributed by atoms with Crippen molar-refractivity contribution < 1.29 is 14.6 Å². The molecule has 1 saturated heterocycles. The van der Waals surface area contributed by atoms with Gasteiger partial charge in [0, 0.05) is 36.4 Å². The number of hydrogen-bond acceptors (Lipinski definition) is 5. The van der Waals surface area contributed by atoms with Gasteiger partial charge in [-0.2, -0.15) is 0 Å². The fraction of sp³-hybridized carbons (Fsp3) is 0.615. The van der Waals surface area contributed by atoms with Gasteiger partial charge in [0.1, 0.15) is 0 Å². The maximum atomic E-state index is 10.7. The van der Waals surface area contributed by atoms with Gasteiger partial charge in [-0.1, -0.05) is 11.6 Å². The Morgan fingerprint density at radius 1 is 1.70 bits per heavy atom. The van der Waals surface area contributed by atoms with Crippen molar-refractivity contribution in [2.45, 2.75) is 12.6 Å². The monoisotopic (exact) mass is 318 g/mol. The number of carboxylic acid groups (broad SMARTS) is 1. The molecular weight excluding hydrogens is 300 g/mol. The molecule has 1 fully saturated rings. The van der Waals surface area contributed by atoms with Crippen molar-refractivity contribution in [3.8, 4) is 0 Å². The molecule has 112 valence electrons. The van der Waals surface area contributed by atoms with E-state index in [9.17, 15) is 4.79 Å². The number of morpholine rings is 1. The van der Waals surface area contributed by atoms with Crippen LogP contribution in [-0.2, 0) is 16.1 Å². The zero-order valence-electron chi connectivity index (χ0n) is 11.4. The molecule has 2 heterocycles. The molecule has 1 aromatic rings. The van der Waals surface area contributed by atoms with E-state index >= 15 is 0 Å². The zero-order valence-corrected chi connectivity index (χ0v) is 13.0. The highest BCUT2D eigenvalue weighted by Crippen LogP contribution is 2.21. The first kappa shape index (κ1) is 15.7. The number of hydrogen-bond donors (Lipinski definition) is 1. The molecular formula is C13H19ClN2O3S. The largest absolute Gasteiger partial charge is 0.480 e. The van der Waals surface area contributed by atoms with Gasteiger partial charge >= 0.3 is 5.97 Å². The van der Waals surface area contributed by atoms with Crippen LogP contribution in [0.25, 0.3) is 0 Å². The third-order valence-electron chi connectivity index (χ3n) is 3.14. The highest BCUT2D eigenvalue weighted by molar-refractivity contribution is 7.10. The Balaban J connectivity index is 1.80. The molecule has 20 heavy (non-hydrogen) atoms. The second-order valence-corrected chi connectivity index (χ2v) is 6.48. The number of aliphatic carboxylic acids is 1. The second-order valence-electron chi connectivity index (χ2n) is 5.05. The number of carboxylic acids is 1. The summed E-state index contributed by atoms with van der Waals surface area (Å²) in [5, 5.41) is 11.5. The summed E-state index contributed by atoms with van der Waals surface area (Å²) >= 11 is 7.59. The second kappa shape index (κ2) is 7.38. The SMILES string of the molecule is CN(CC(=O)O)CC1CN(Cc2cc(Cl)cs2)CCO1. The van der Waals surface area contributed by atoms with Crippen LogP contribution < -0.4 is 0 Å². The van der Waals surface area contributed by atoms with Gasteiger partial charge in [-0.3, -0.25) is 14.6 Å². The normalized spacial score (nSPS) is 20.4. The van der Waals surface area contributed by atoms with Crippen LogP contribution in [-0.4, -0.2) is 66.8 Å². The predicted octanol–water partition coefficient (Wildman–Crippen LogP) is 1.62. The summed E-state index contributed by atoms with van der Waals surface area (Å²) in [6.45, 7) is 3.95. The van der Waals surface area contributed by atoms with E-state index in [2.05, 4.69) is 4.90 Å². The Labute approximate surface area is 127 Å². The number of likely N-dealkylation sites (N-methyl/N-ethyl adjacent to an activating group) is 1. The first-order chi connectivity index (χ1) is 9.52. The Morgan fingerprint density at radius 3 is 3.15 bits per heavy atom. The minimum absolute atomic E-state index is 0.0421. The first-order valence-corrected chi connectivity index (χ1v) is 7.76. The number of halogens is 1. The van der Waals surface area contributed by atoms with Gasteiger partial charge in [-0.25, -0.2) is 0 Å². The molecule has 0 aliphatic carbocycles. The van der Waals surface area contributed by atoms with E-state index < -0.39 is 5.97 Å². The highest BCUT2D eigenvalue weighted by atomic mass is 35.5. The van der Waals surface area contributed by atoms with E-state index in [0.717, 1.165) is 24.7 Å². The number of thiophene rings is 1. The summed E-state index contributed by atoms with van der Waals surface area (Å²) in [6.07, 6.45) is 0.0588. The quantitative estimate of drug-likeness (QED) is 0.864. The van der Waals surface area contributed by atoms with Crippen molar-refractivity contribution >= 4 is 28.9 Å². The molecule has 1 atom stereocenters. The molecule has 0 amide bonds. The van der Waals surface area contributed by atoms with Crippen LogP contribution in [0, 0.1) is 0 Å². The van der Waals surface area contributed by atoms with Crippen LogP contribution in [0.15, 0.2) is 11.4 Å². The summed E-state index contributed by atoms with van der Waals surface area (Å²) in [7, 11) is 1.80. The van der Waals surface area contributed by atoms with Crippen LogP contribution in [0.2, 0.25) is 5.02 Å². The molecule has 7 heteroatoms. The molecule has 1 N–H and O–H groups in total. The molecule has 0 spiro atoms. The lowest BCUT2D eigenvalue weighted by molar-refractivity contribution is -0.138. The molecule has 1 aliphatic rings. The van der Waals surface area contributed by atoms with Crippen molar-refractivity contribution in [2.24, 2.45) is 0 Å². The lowest BCUT2D eigenvalue weighted by atomic mass is 10.2. The van der Waals surface area contributed by atoms with E-state index in [1.807, 2.05) is 11.4 Å². The van der Waals surface area contributed by atoms with Crippen molar-refractivity contribution in [1.82, 2.24) is 9.80 Å². The number of carbonyl (C=O) groups is 1. The van der Waals surface area contributed by atoms with E-state index in [0.29, 0.717) is 13.2 Å². The highest BCUT2D eigenvalue weighted by Gasteiger charge is 2.22. The van der Waals surface area contributed by atoms with Crippen LogP contribution in [0.3, 0.4) is 0 Å². The smallest absolute Gasteiger partial charge is 0.317 e. The van der Waals surface area contributed by atoms with Crippen molar-refractivity contribution in [2.75, 3.05) is 39.8 Å². The summed E-state index contributed by atoms with van der Waals surface area (Å²) < 4.78 is 5.70. The Hall–Kier alpha value is -0.660. The van der Waals surface area contributed by atoms with Crippen LogP contribution >= 0.6 is 22.9 Å². The molecule has 0 saturated carbocycles. The fourth-order valence-electron chi connectivity index (χ4n) is 2.33. The standard InChI is InChI=1S/C13H19ClN2O3S/c1-15(8-13(17)18)5-11-6-16(2-3-19-11)7-12-4-10(14)9-20-12/h4,9,11H,2-3,5-8H2,1H3,(H,17,18). The van der Waals surface area contributed by atoms with Crippen molar-refractivity contribution in [3.05, 3.63) is 21.3 Å². The van der Waals surface area contributed by atoms with Crippen molar-refractivity contribution in [1.29, 1.82) is 0 Å². The van der Waals surface area contributed by atoms with Gasteiger partial charge < -0.3 is 9.84 Å². The zero-order chi connectivity index (χ0) is 14.5. The number of rotatable bonds is 6. The number of ether oxygens (including phenoxy) is 1. The summed E-state index contributed by atoms with van der Waals surface area (Å²) in [4.78, 5) is 16.0. The number of nitrogens with zero attached hydrogens (tertiary/aromatic N) is 2. The summed E-state index contributed by atoms with van der Waals surface area (Å²) in [6, 6.07) is 1.99. The average molecular weight is 319 g/mol. The Kier molecular flexibility index (Phi) is 5.80. The molecule has 2 rings (SSSR count). The van der Waals surface area contributed by atoms with E-state index in [1.165, 1.54) is 4.88 Å². The topological polar surface area (TPSA) is 53.0 Å². The van der Waals surface area contributed by atoms with Crippen LogP contribution in [0.4, 0.5) is 0 Å². The molecule has 1 unspecified atom stereocenters. The average Bonchev–Trinajstić information content (AvgIpc) is 2.74. The van der Waals surface area contributed by atoms with Gasteiger partial charge in [0.05, 0.1) is 24.3 Å². The van der Waals surface area contributed by atoms with Gasteiger partial charge in [0.25, 0.3) is 0 Å². The lowest BCUT2D eigenvalue weighted by Gasteiger charge is -2.34. The van der Waals surface area contributed by atoms with Gasteiger partial charge in [0.15, 0.2) is 0 Å². The fourth-order valence-corrected chi connectivity index (χ4v) is 3.45. The van der Waals surface area contributed by atoms with Crippen molar-refractivity contribution in [3.63, 3.8) is 0 Å².